The van der Waals surface area contributed by atoms with Gasteiger partial charge in [0.15, 0.2) is 0 Å². The number of allylic oxidation sites excluding steroid dienone is 1. The number of hydrogen-bond donors (Lipinski definition) is 3. The van der Waals surface area contributed by atoms with Crippen LogP contribution in [0.25, 0.3) is 5.57 Å². The maximum Gasteiger partial charge on any atom is 0.270 e. The number of benzene rings is 1. The van der Waals surface area contributed by atoms with Gasteiger partial charge in [-0.3, -0.25) is 14.6 Å². The van der Waals surface area contributed by atoms with Gasteiger partial charge in [0.1, 0.15) is 5.69 Å². The number of aryl methyl sites for hydroxylation is 1. The molecule has 0 spiro atoms. The number of rotatable bonds is 10. The van der Waals surface area contributed by atoms with Crippen molar-refractivity contribution in [2.24, 2.45) is 16.3 Å². The van der Waals surface area contributed by atoms with Crippen molar-refractivity contribution >= 4 is 36.0 Å². The van der Waals surface area contributed by atoms with Crippen LogP contribution in [0, 0.1) is 35.0 Å². The molecule has 1 aromatic heterocycles. The second-order valence-corrected chi connectivity index (χ2v) is 9.62. The van der Waals surface area contributed by atoms with Gasteiger partial charge in [0.25, 0.3) is 5.91 Å². The van der Waals surface area contributed by atoms with Crippen molar-refractivity contribution in [3.8, 4) is 6.07 Å². The molecule has 2 fully saturated rings. The standard InChI is InChI=1S/C28H31N7O2/c1-18-8-24(35-7-6-28(17-32-3,27(35)37)23-4-5-23)12-25(34-18)26(36)33-15-20-9-19(13-29)10-21(11-20)22(14-30)16-31-2/h8-12,14,16,23,30-31H,3-7,15,17H2,1-2H3,(H,33,36)/b22-16+,30-14?/t28-/m1/s1. The van der Waals surface area contributed by atoms with E-state index < -0.39 is 5.41 Å². The molecule has 0 unspecified atom stereocenters. The van der Waals surface area contributed by atoms with Gasteiger partial charge in [0.2, 0.25) is 5.91 Å². The average molecular weight is 498 g/mol. The highest BCUT2D eigenvalue weighted by atomic mass is 16.2. The molecule has 1 aliphatic heterocycles. The predicted molar refractivity (Wildman–Crippen MR) is 144 cm³/mol. The Hall–Kier alpha value is -4.32. The van der Waals surface area contributed by atoms with Crippen molar-refractivity contribution in [1.29, 1.82) is 10.7 Å². The lowest BCUT2D eigenvalue weighted by atomic mass is 9.81. The molecule has 2 amide bonds. The minimum Gasteiger partial charge on any atom is -0.393 e. The zero-order valence-electron chi connectivity index (χ0n) is 21.2. The Kier molecular flexibility index (Phi) is 7.48. The number of carbonyl (C=O) groups excluding carboxylic acids is 2. The number of carbonyl (C=O) groups is 2. The van der Waals surface area contributed by atoms with Crippen LogP contribution in [-0.4, -0.2) is 49.9 Å². The maximum absolute atomic E-state index is 13.5. The fraction of sp³-hybridized carbons (Fsp3) is 0.357. The molecule has 3 N–H and O–H groups in total. The molecule has 4 rings (SSSR count). The van der Waals surface area contributed by atoms with Gasteiger partial charge >= 0.3 is 0 Å². The van der Waals surface area contributed by atoms with E-state index in [1.165, 1.54) is 6.21 Å². The fourth-order valence-corrected chi connectivity index (χ4v) is 5.11. The molecule has 1 atom stereocenters. The van der Waals surface area contributed by atoms with E-state index in [0.717, 1.165) is 24.8 Å². The van der Waals surface area contributed by atoms with Crippen LogP contribution < -0.4 is 15.5 Å². The monoisotopic (exact) mass is 497 g/mol. The molecule has 2 aromatic rings. The normalized spacial score (nSPS) is 19.3. The number of nitrogens with zero attached hydrogens (tertiary/aromatic N) is 4. The summed E-state index contributed by atoms with van der Waals surface area (Å²) in [5, 5.41) is 22.9. The maximum atomic E-state index is 13.5. The summed E-state index contributed by atoms with van der Waals surface area (Å²) >= 11 is 0. The van der Waals surface area contributed by atoms with Crippen LogP contribution in [0.2, 0.25) is 0 Å². The summed E-state index contributed by atoms with van der Waals surface area (Å²) in [7, 11) is 1.74. The van der Waals surface area contributed by atoms with Gasteiger partial charge in [-0.2, -0.15) is 5.26 Å². The summed E-state index contributed by atoms with van der Waals surface area (Å²) in [5.41, 5.74) is 3.51. The lowest BCUT2D eigenvalue weighted by Crippen LogP contribution is -2.38. The van der Waals surface area contributed by atoms with Crippen molar-refractivity contribution in [2.75, 3.05) is 25.0 Å². The van der Waals surface area contributed by atoms with Crippen molar-refractivity contribution < 1.29 is 9.59 Å². The lowest BCUT2D eigenvalue weighted by Gasteiger charge is -2.26. The highest BCUT2D eigenvalue weighted by Crippen LogP contribution is 2.52. The van der Waals surface area contributed by atoms with Crippen molar-refractivity contribution in [3.05, 3.63) is 64.6 Å². The van der Waals surface area contributed by atoms with Crippen molar-refractivity contribution in [1.82, 2.24) is 15.6 Å². The number of amides is 2. The average Bonchev–Trinajstić information content (AvgIpc) is 3.70. The third-order valence-corrected chi connectivity index (χ3v) is 7.05. The lowest BCUT2D eigenvalue weighted by molar-refractivity contribution is -0.126. The second-order valence-electron chi connectivity index (χ2n) is 9.62. The Morgan fingerprint density at radius 1 is 1.35 bits per heavy atom. The number of nitriles is 1. The van der Waals surface area contributed by atoms with Gasteiger partial charge < -0.3 is 20.9 Å². The molecule has 2 heterocycles. The van der Waals surface area contributed by atoms with E-state index in [1.807, 2.05) is 12.1 Å². The molecule has 190 valence electrons. The molecule has 2 aliphatic rings. The third kappa shape index (κ3) is 5.28. The summed E-state index contributed by atoms with van der Waals surface area (Å²) in [6.45, 7) is 6.61. The van der Waals surface area contributed by atoms with Gasteiger partial charge in [-0.15, -0.1) is 0 Å². The molecule has 1 saturated heterocycles. The van der Waals surface area contributed by atoms with E-state index in [0.29, 0.717) is 47.1 Å². The second kappa shape index (κ2) is 10.7. The first-order valence-electron chi connectivity index (χ1n) is 12.3. The number of aromatic nitrogens is 1. The van der Waals surface area contributed by atoms with E-state index in [4.69, 9.17) is 5.41 Å². The van der Waals surface area contributed by atoms with E-state index in [-0.39, 0.29) is 24.1 Å². The smallest absolute Gasteiger partial charge is 0.270 e. The van der Waals surface area contributed by atoms with Crippen LogP contribution in [0.1, 0.15) is 52.1 Å². The summed E-state index contributed by atoms with van der Waals surface area (Å²) in [4.78, 5) is 36.8. The van der Waals surface area contributed by atoms with Gasteiger partial charge in [0, 0.05) is 49.5 Å². The van der Waals surface area contributed by atoms with Crippen LogP contribution in [-0.2, 0) is 11.3 Å². The largest absolute Gasteiger partial charge is 0.393 e. The van der Waals surface area contributed by atoms with E-state index in [9.17, 15) is 14.9 Å². The number of anilines is 1. The fourth-order valence-electron chi connectivity index (χ4n) is 5.11. The van der Waals surface area contributed by atoms with Gasteiger partial charge in [0.05, 0.1) is 23.6 Å². The number of hydrogen-bond acceptors (Lipinski definition) is 7. The minimum absolute atomic E-state index is 0.0526. The van der Waals surface area contributed by atoms with Gasteiger partial charge in [-0.25, -0.2) is 4.98 Å². The first kappa shape index (κ1) is 25.8. The molecule has 1 aliphatic carbocycles. The Morgan fingerprint density at radius 3 is 2.78 bits per heavy atom. The van der Waals surface area contributed by atoms with Crippen LogP contribution in [0.3, 0.4) is 0 Å². The van der Waals surface area contributed by atoms with E-state index >= 15 is 0 Å². The SMILES string of the molecule is C=NC[C@@]1(C2CC2)CCN(c2cc(C)nc(C(=O)NCc3cc(C#N)cc(/C(C=N)=C/NC)c3)c2)C1=O. The van der Waals surface area contributed by atoms with Crippen LogP contribution in [0.4, 0.5) is 5.69 Å². The topological polar surface area (TPSA) is 134 Å². The number of pyridine rings is 1. The zero-order valence-corrected chi connectivity index (χ0v) is 21.2. The van der Waals surface area contributed by atoms with E-state index in [1.54, 1.807) is 43.3 Å². The minimum atomic E-state index is -0.484. The Balaban J connectivity index is 1.53. The van der Waals surface area contributed by atoms with Crippen molar-refractivity contribution in [3.63, 3.8) is 0 Å². The molecule has 9 heteroatoms. The molecule has 37 heavy (non-hydrogen) atoms. The predicted octanol–water partition coefficient (Wildman–Crippen LogP) is 3.24. The molecular weight excluding hydrogens is 466 g/mol. The molecule has 9 nitrogen and oxygen atoms in total. The Morgan fingerprint density at radius 2 is 2.14 bits per heavy atom. The van der Waals surface area contributed by atoms with Crippen LogP contribution in [0.5, 0.6) is 0 Å². The van der Waals surface area contributed by atoms with Gasteiger partial charge in [-0.05, 0) is 80.3 Å². The number of aliphatic imine (C=N–C) groups is 1. The first-order chi connectivity index (χ1) is 17.8. The Bertz CT molecular complexity index is 1320. The van der Waals surface area contributed by atoms with Crippen LogP contribution >= 0.6 is 0 Å². The van der Waals surface area contributed by atoms with Gasteiger partial charge in [-0.1, -0.05) is 0 Å². The van der Waals surface area contributed by atoms with Crippen LogP contribution in [0.15, 0.2) is 41.5 Å². The highest BCUT2D eigenvalue weighted by molar-refractivity contribution is 6.08. The molecule has 1 saturated carbocycles. The summed E-state index contributed by atoms with van der Waals surface area (Å²) in [6.07, 6.45) is 5.69. The zero-order chi connectivity index (χ0) is 26.6. The molecule has 1 aromatic carbocycles. The third-order valence-electron chi connectivity index (χ3n) is 7.05. The summed E-state index contributed by atoms with van der Waals surface area (Å²) < 4.78 is 0. The molecule has 0 radical (unpaired) electrons. The number of nitrogens with one attached hydrogen (secondary N) is 3. The summed E-state index contributed by atoms with van der Waals surface area (Å²) in [5.74, 6) is 0.0305. The molecule has 0 bridgehead atoms. The van der Waals surface area contributed by atoms with E-state index in [2.05, 4.69) is 33.4 Å². The highest BCUT2D eigenvalue weighted by Gasteiger charge is 2.55. The molecular formula is C28H31N7O2. The quantitative estimate of drug-likeness (QED) is 0.433. The van der Waals surface area contributed by atoms with Crippen molar-refractivity contribution in [2.45, 2.75) is 32.7 Å². The first-order valence-corrected chi connectivity index (χ1v) is 12.3. The summed E-state index contributed by atoms with van der Waals surface area (Å²) in [6, 6.07) is 10.8. The Labute approximate surface area is 216 Å².